The highest BCUT2D eigenvalue weighted by molar-refractivity contribution is 6.00. The van der Waals surface area contributed by atoms with Crippen molar-refractivity contribution in [1.82, 2.24) is 15.5 Å². The van der Waals surface area contributed by atoms with Crippen molar-refractivity contribution in [3.8, 4) is 22.3 Å². The van der Waals surface area contributed by atoms with Gasteiger partial charge in [0.15, 0.2) is 5.78 Å². The Hall–Kier alpha value is -6.22. The number of nitrogens with one attached hydrogen (secondary N) is 2. The Morgan fingerprint density at radius 1 is 0.585 bits per heavy atom. The summed E-state index contributed by atoms with van der Waals surface area (Å²) in [6.45, 7) is 0.318. The van der Waals surface area contributed by atoms with Crippen LogP contribution in [-0.4, -0.2) is 67.2 Å². The molecule has 0 radical (unpaired) electrons. The van der Waals surface area contributed by atoms with Gasteiger partial charge in [-0.3, -0.25) is 9.59 Å². The number of amides is 3. The van der Waals surface area contributed by atoms with E-state index in [0.29, 0.717) is 5.56 Å². The predicted molar refractivity (Wildman–Crippen MR) is 201 cm³/mol. The molecule has 1 saturated heterocycles. The number of nitrogens with zero attached hydrogens (tertiary/aromatic N) is 1. The molecule has 266 valence electrons. The molecule has 9 heteroatoms. The minimum Gasteiger partial charge on any atom is -0.449 e. The summed E-state index contributed by atoms with van der Waals surface area (Å²) in [5.74, 6) is -1.01. The monoisotopic (exact) mass is 705 g/mol. The van der Waals surface area contributed by atoms with Gasteiger partial charge in [0, 0.05) is 30.5 Å². The van der Waals surface area contributed by atoms with Crippen LogP contribution in [0, 0.1) is 0 Å². The maximum absolute atomic E-state index is 13.9. The SMILES string of the molecule is O=C(NC1(C(=O)NCC(=O)c2ccccc2)CCN(C(=O)OCC2c3ccccc3-c3ccccc32)CC1)OCC1c2ccccc2-c2ccccc21. The molecule has 0 spiro atoms. The summed E-state index contributed by atoms with van der Waals surface area (Å²) in [6, 6.07) is 41.1. The normalized spacial score (nSPS) is 15.4. The first-order valence-electron chi connectivity index (χ1n) is 18.0. The van der Waals surface area contributed by atoms with Crippen molar-refractivity contribution in [2.24, 2.45) is 0 Å². The number of Topliss-reactive ketones (excluding diaryl/α,β-unsaturated/α-hetero) is 1. The number of rotatable bonds is 9. The van der Waals surface area contributed by atoms with Gasteiger partial charge in [-0.25, -0.2) is 9.59 Å². The fourth-order valence-corrected chi connectivity index (χ4v) is 8.05. The van der Waals surface area contributed by atoms with Crippen LogP contribution in [0.1, 0.15) is 57.3 Å². The van der Waals surface area contributed by atoms with Gasteiger partial charge in [0.1, 0.15) is 18.8 Å². The second kappa shape index (κ2) is 14.4. The number of ether oxygens (including phenoxy) is 2. The van der Waals surface area contributed by atoms with Gasteiger partial charge in [-0.2, -0.15) is 0 Å². The first-order chi connectivity index (χ1) is 25.9. The molecule has 9 nitrogen and oxygen atoms in total. The number of alkyl carbamates (subject to hydrolysis) is 1. The van der Waals surface area contributed by atoms with E-state index in [1.54, 1.807) is 29.2 Å². The largest absolute Gasteiger partial charge is 0.449 e. The molecule has 0 aromatic heterocycles. The maximum atomic E-state index is 13.9. The quantitative estimate of drug-likeness (QED) is 0.156. The van der Waals surface area contributed by atoms with E-state index in [1.165, 1.54) is 0 Å². The Morgan fingerprint density at radius 2 is 1.02 bits per heavy atom. The molecular formula is C44H39N3O6. The molecule has 2 N–H and O–H groups in total. The van der Waals surface area contributed by atoms with Crippen molar-refractivity contribution in [1.29, 1.82) is 0 Å². The predicted octanol–water partition coefficient (Wildman–Crippen LogP) is 7.31. The second-order valence-electron chi connectivity index (χ2n) is 13.8. The van der Waals surface area contributed by atoms with E-state index in [1.807, 2.05) is 66.7 Å². The number of hydrogen-bond acceptors (Lipinski definition) is 6. The number of benzene rings is 5. The van der Waals surface area contributed by atoms with Crippen molar-refractivity contribution >= 4 is 23.9 Å². The molecule has 1 fully saturated rings. The third kappa shape index (κ3) is 6.55. The number of ketones is 1. The average Bonchev–Trinajstić information content (AvgIpc) is 3.71. The van der Waals surface area contributed by atoms with Gasteiger partial charge in [0.25, 0.3) is 0 Å². The zero-order valence-corrected chi connectivity index (χ0v) is 29.1. The molecule has 1 heterocycles. The zero-order chi connectivity index (χ0) is 36.4. The van der Waals surface area contributed by atoms with Crippen LogP contribution < -0.4 is 10.6 Å². The fraction of sp³-hybridized carbons (Fsp3) is 0.227. The topological polar surface area (TPSA) is 114 Å². The Morgan fingerprint density at radius 3 is 1.51 bits per heavy atom. The Kier molecular flexibility index (Phi) is 9.22. The van der Waals surface area contributed by atoms with Gasteiger partial charge >= 0.3 is 12.2 Å². The van der Waals surface area contributed by atoms with Crippen LogP contribution in [0.3, 0.4) is 0 Å². The van der Waals surface area contributed by atoms with E-state index in [-0.39, 0.29) is 63.3 Å². The molecule has 8 rings (SSSR count). The molecule has 53 heavy (non-hydrogen) atoms. The highest BCUT2D eigenvalue weighted by atomic mass is 16.6. The van der Waals surface area contributed by atoms with E-state index in [0.717, 1.165) is 44.5 Å². The van der Waals surface area contributed by atoms with Crippen molar-refractivity contribution < 1.29 is 28.7 Å². The van der Waals surface area contributed by atoms with Crippen LogP contribution in [0.15, 0.2) is 127 Å². The third-order valence-electron chi connectivity index (χ3n) is 10.8. The Labute approximate surface area is 307 Å². The van der Waals surface area contributed by atoms with E-state index in [2.05, 4.69) is 47.0 Å². The number of piperidine rings is 1. The van der Waals surface area contributed by atoms with Crippen LogP contribution in [0.2, 0.25) is 0 Å². The molecule has 0 saturated carbocycles. The lowest BCUT2D eigenvalue weighted by molar-refractivity contribution is -0.129. The summed E-state index contributed by atoms with van der Waals surface area (Å²) < 4.78 is 11.7. The minimum absolute atomic E-state index is 0.0793. The van der Waals surface area contributed by atoms with Gasteiger partial charge in [0.2, 0.25) is 5.91 Å². The highest BCUT2D eigenvalue weighted by Gasteiger charge is 2.45. The first kappa shape index (κ1) is 33.9. The number of fused-ring (bicyclic) bond motifs is 6. The number of carbonyl (C=O) groups is 4. The molecule has 1 aliphatic heterocycles. The summed E-state index contributed by atoms with van der Waals surface area (Å²) in [7, 11) is 0. The van der Waals surface area contributed by atoms with Crippen LogP contribution in [0.25, 0.3) is 22.3 Å². The maximum Gasteiger partial charge on any atom is 0.409 e. The van der Waals surface area contributed by atoms with E-state index >= 15 is 0 Å². The van der Waals surface area contributed by atoms with Gasteiger partial charge in [0.05, 0.1) is 6.54 Å². The molecule has 0 atom stereocenters. The molecule has 3 aliphatic rings. The van der Waals surface area contributed by atoms with Crippen LogP contribution in [-0.2, 0) is 14.3 Å². The van der Waals surface area contributed by atoms with Crippen molar-refractivity contribution in [3.05, 3.63) is 155 Å². The first-order valence-corrected chi connectivity index (χ1v) is 18.0. The second-order valence-corrected chi connectivity index (χ2v) is 13.8. The molecule has 2 aliphatic carbocycles. The lowest BCUT2D eigenvalue weighted by atomic mass is 9.86. The number of hydrogen-bond donors (Lipinski definition) is 2. The molecule has 3 amide bonds. The molecular weight excluding hydrogens is 666 g/mol. The summed E-state index contributed by atoms with van der Waals surface area (Å²) in [5, 5.41) is 5.61. The van der Waals surface area contributed by atoms with E-state index < -0.39 is 23.6 Å². The minimum atomic E-state index is -1.42. The van der Waals surface area contributed by atoms with Gasteiger partial charge in [-0.1, -0.05) is 127 Å². The van der Waals surface area contributed by atoms with Gasteiger partial charge in [-0.05, 0) is 57.3 Å². The summed E-state index contributed by atoms with van der Waals surface area (Å²) in [4.78, 5) is 55.4. The van der Waals surface area contributed by atoms with Crippen LogP contribution >= 0.6 is 0 Å². The summed E-state index contributed by atoms with van der Waals surface area (Å²) in [5.41, 5.74) is 7.94. The number of carbonyl (C=O) groups excluding carboxylic acids is 4. The lowest BCUT2D eigenvalue weighted by Crippen LogP contribution is -2.64. The molecule has 5 aromatic carbocycles. The third-order valence-corrected chi connectivity index (χ3v) is 10.8. The van der Waals surface area contributed by atoms with Gasteiger partial charge < -0.3 is 25.0 Å². The highest BCUT2D eigenvalue weighted by Crippen LogP contribution is 2.45. The van der Waals surface area contributed by atoms with Crippen molar-refractivity contribution in [2.75, 3.05) is 32.8 Å². The smallest absolute Gasteiger partial charge is 0.409 e. The van der Waals surface area contributed by atoms with E-state index in [4.69, 9.17) is 9.47 Å². The fourth-order valence-electron chi connectivity index (χ4n) is 8.05. The standard InChI is InChI=1S/C44H39N3O6/c48-40(29-12-2-1-3-13-29)26-45-41(49)44(46-42(50)52-27-38-34-18-8-4-14-30(34)31-15-5-9-19-35(31)38)22-24-47(25-23-44)43(51)53-28-39-36-20-10-6-16-32(36)33-17-7-11-21-37(33)39/h1-21,38-39H,22-28H2,(H,45,49)(H,46,50). The van der Waals surface area contributed by atoms with Crippen LogP contribution in [0.5, 0.6) is 0 Å². The lowest BCUT2D eigenvalue weighted by Gasteiger charge is -2.40. The zero-order valence-electron chi connectivity index (χ0n) is 29.1. The molecule has 0 bridgehead atoms. The summed E-state index contributed by atoms with van der Waals surface area (Å²) in [6.07, 6.45) is -1.02. The molecule has 0 unspecified atom stereocenters. The van der Waals surface area contributed by atoms with Crippen molar-refractivity contribution in [3.63, 3.8) is 0 Å². The van der Waals surface area contributed by atoms with Crippen molar-refractivity contribution in [2.45, 2.75) is 30.2 Å². The molecule has 5 aromatic rings. The number of likely N-dealkylation sites (tertiary alicyclic amines) is 1. The van der Waals surface area contributed by atoms with Gasteiger partial charge in [-0.15, -0.1) is 0 Å². The Bertz CT molecular complexity index is 2100. The average molecular weight is 706 g/mol. The summed E-state index contributed by atoms with van der Waals surface area (Å²) >= 11 is 0. The van der Waals surface area contributed by atoms with Crippen LogP contribution in [0.4, 0.5) is 9.59 Å². The van der Waals surface area contributed by atoms with E-state index in [9.17, 15) is 19.2 Å². The Balaban J connectivity index is 0.942.